The van der Waals surface area contributed by atoms with Crippen molar-refractivity contribution < 1.29 is 9.53 Å². The summed E-state index contributed by atoms with van der Waals surface area (Å²) in [6.45, 7) is 6.91. The third-order valence-electron chi connectivity index (χ3n) is 4.57. The molecule has 2 aromatic heterocycles. The summed E-state index contributed by atoms with van der Waals surface area (Å²) in [5.74, 6) is 1.04. The Bertz CT molecular complexity index is 938. The molecule has 1 amide bonds. The van der Waals surface area contributed by atoms with E-state index in [0.29, 0.717) is 12.5 Å². The van der Waals surface area contributed by atoms with Crippen LogP contribution >= 0.6 is 11.3 Å². The fourth-order valence-electron chi connectivity index (χ4n) is 2.99. The second-order valence-corrected chi connectivity index (χ2v) is 8.24. The average molecular weight is 410 g/mol. The number of pyridine rings is 1. The van der Waals surface area contributed by atoms with Crippen molar-refractivity contribution in [1.29, 1.82) is 0 Å². The van der Waals surface area contributed by atoms with Gasteiger partial charge in [0.2, 0.25) is 0 Å². The molecule has 0 aliphatic rings. The van der Waals surface area contributed by atoms with Gasteiger partial charge >= 0.3 is 0 Å². The topological polar surface area (TPSA) is 64.1 Å². The normalized spacial score (nSPS) is 10.9. The van der Waals surface area contributed by atoms with E-state index in [2.05, 4.69) is 46.6 Å². The van der Waals surface area contributed by atoms with Crippen LogP contribution in [0.2, 0.25) is 0 Å². The lowest BCUT2D eigenvalue weighted by Gasteiger charge is -2.14. The van der Waals surface area contributed by atoms with E-state index < -0.39 is 0 Å². The van der Waals surface area contributed by atoms with Gasteiger partial charge < -0.3 is 10.1 Å². The van der Waals surface area contributed by atoms with Gasteiger partial charge in [-0.3, -0.25) is 9.78 Å². The van der Waals surface area contributed by atoms with Gasteiger partial charge in [0.15, 0.2) is 6.61 Å². The summed E-state index contributed by atoms with van der Waals surface area (Å²) < 4.78 is 5.78. The molecular weight excluding hydrogens is 382 g/mol. The van der Waals surface area contributed by atoms with E-state index >= 15 is 0 Å². The minimum absolute atomic E-state index is 0.0343. The van der Waals surface area contributed by atoms with E-state index in [1.165, 1.54) is 0 Å². The van der Waals surface area contributed by atoms with Crippen LogP contribution in [0.15, 0.2) is 48.1 Å². The quantitative estimate of drug-likeness (QED) is 0.517. The van der Waals surface area contributed by atoms with E-state index in [-0.39, 0.29) is 12.5 Å². The third-order valence-corrected chi connectivity index (χ3v) is 5.48. The molecule has 152 valence electrons. The Morgan fingerprint density at radius 3 is 2.76 bits per heavy atom. The molecule has 0 bridgehead atoms. The van der Waals surface area contributed by atoms with Gasteiger partial charge in [0.05, 0.1) is 10.7 Å². The lowest BCUT2D eigenvalue weighted by atomic mass is 10.0. The van der Waals surface area contributed by atoms with E-state index in [1.54, 1.807) is 23.7 Å². The maximum absolute atomic E-state index is 12.1. The van der Waals surface area contributed by atoms with Crippen LogP contribution in [0.4, 0.5) is 0 Å². The van der Waals surface area contributed by atoms with Crippen molar-refractivity contribution in [3.05, 3.63) is 64.2 Å². The molecule has 0 aliphatic heterocycles. The first-order valence-corrected chi connectivity index (χ1v) is 10.8. The molecule has 0 saturated heterocycles. The van der Waals surface area contributed by atoms with Crippen LogP contribution in [0.1, 0.15) is 42.3 Å². The highest BCUT2D eigenvalue weighted by molar-refractivity contribution is 7.09. The number of carbonyl (C=O) groups is 1. The number of amides is 1. The Hall–Kier alpha value is -2.73. The Labute approximate surface area is 176 Å². The predicted octanol–water partition coefficient (Wildman–Crippen LogP) is 4.76. The summed E-state index contributed by atoms with van der Waals surface area (Å²) in [6, 6.07) is 10.0. The molecule has 0 radical (unpaired) electrons. The molecule has 0 fully saturated rings. The zero-order valence-electron chi connectivity index (χ0n) is 17.1. The van der Waals surface area contributed by atoms with Crippen molar-refractivity contribution in [3.8, 4) is 17.0 Å². The molecule has 3 rings (SSSR count). The van der Waals surface area contributed by atoms with Gasteiger partial charge in [-0.05, 0) is 48.6 Å². The summed E-state index contributed by atoms with van der Waals surface area (Å²) in [5.41, 5.74) is 4.30. The highest BCUT2D eigenvalue weighted by Crippen LogP contribution is 2.27. The molecule has 0 spiro atoms. The maximum Gasteiger partial charge on any atom is 0.257 e. The second-order valence-electron chi connectivity index (χ2n) is 7.30. The Kier molecular flexibility index (Phi) is 7.36. The monoisotopic (exact) mass is 409 g/mol. The van der Waals surface area contributed by atoms with Gasteiger partial charge in [-0.15, -0.1) is 11.3 Å². The van der Waals surface area contributed by atoms with Crippen LogP contribution in [-0.2, 0) is 11.2 Å². The first-order chi connectivity index (χ1) is 14.0. The fraction of sp³-hybridized carbons (Fsp3) is 0.348. The summed E-state index contributed by atoms with van der Waals surface area (Å²) in [5, 5.41) is 6.06. The summed E-state index contributed by atoms with van der Waals surface area (Å²) in [7, 11) is 0. The first-order valence-electron chi connectivity index (χ1n) is 9.88. The second kappa shape index (κ2) is 10.2. The summed E-state index contributed by atoms with van der Waals surface area (Å²) in [4.78, 5) is 20.8. The molecule has 5 nitrogen and oxygen atoms in total. The van der Waals surface area contributed by atoms with E-state index in [4.69, 9.17) is 4.74 Å². The van der Waals surface area contributed by atoms with Gasteiger partial charge in [-0.1, -0.05) is 26.0 Å². The van der Waals surface area contributed by atoms with Gasteiger partial charge in [-0.2, -0.15) is 0 Å². The van der Waals surface area contributed by atoms with Crippen molar-refractivity contribution in [2.45, 2.75) is 39.5 Å². The molecule has 3 aromatic rings. The number of hydrogen-bond acceptors (Lipinski definition) is 5. The molecular formula is C23H27N3O2S. The number of rotatable bonds is 9. The lowest BCUT2D eigenvalue weighted by Crippen LogP contribution is -2.30. The Balaban J connectivity index is 1.41. The molecule has 1 N–H and O–H groups in total. The molecule has 0 atom stereocenters. The van der Waals surface area contributed by atoms with Gasteiger partial charge in [0.1, 0.15) is 5.75 Å². The number of nitrogens with one attached hydrogen (secondary N) is 1. The van der Waals surface area contributed by atoms with Crippen LogP contribution in [0.25, 0.3) is 11.3 Å². The van der Waals surface area contributed by atoms with Crippen molar-refractivity contribution in [1.82, 2.24) is 15.3 Å². The Morgan fingerprint density at radius 2 is 2.00 bits per heavy atom. The van der Waals surface area contributed by atoms with E-state index in [1.807, 2.05) is 25.1 Å². The van der Waals surface area contributed by atoms with Crippen LogP contribution in [0.5, 0.6) is 5.75 Å². The largest absolute Gasteiger partial charge is 0.483 e. The minimum Gasteiger partial charge on any atom is -0.483 e. The third kappa shape index (κ3) is 6.12. The number of ether oxygens (including phenoxy) is 1. The number of carbonyl (C=O) groups excluding carboxylic acids is 1. The molecule has 0 saturated carbocycles. The summed E-state index contributed by atoms with van der Waals surface area (Å²) >= 11 is 1.65. The Morgan fingerprint density at radius 1 is 1.21 bits per heavy atom. The average Bonchev–Trinajstić information content (AvgIpc) is 3.19. The predicted molar refractivity (Wildman–Crippen MR) is 117 cm³/mol. The van der Waals surface area contributed by atoms with Crippen molar-refractivity contribution in [3.63, 3.8) is 0 Å². The zero-order chi connectivity index (χ0) is 20.6. The molecule has 0 unspecified atom stereocenters. The lowest BCUT2D eigenvalue weighted by molar-refractivity contribution is -0.123. The number of aryl methyl sites for hydroxylation is 2. The van der Waals surface area contributed by atoms with Crippen molar-refractivity contribution >= 4 is 17.2 Å². The van der Waals surface area contributed by atoms with Crippen molar-refractivity contribution in [2.24, 2.45) is 0 Å². The highest BCUT2D eigenvalue weighted by Gasteiger charge is 2.10. The highest BCUT2D eigenvalue weighted by atomic mass is 32.1. The van der Waals surface area contributed by atoms with Crippen LogP contribution in [0, 0.1) is 6.92 Å². The van der Waals surface area contributed by atoms with Crippen LogP contribution in [-0.4, -0.2) is 29.0 Å². The standard InChI is InChI=1S/C23H27N3O2S/c1-16(2)19-7-6-17(3)13-21(19)28-14-22(27)25-10-4-5-23-26-20(15-29-23)18-8-11-24-12-9-18/h6-9,11-13,15-16H,4-5,10,14H2,1-3H3,(H,25,27). The molecule has 6 heteroatoms. The van der Waals surface area contributed by atoms with Gasteiger partial charge in [0.25, 0.3) is 5.91 Å². The number of aromatic nitrogens is 2. The van der Waals surface area contributed by atoms with Crippen molar-refractivity contribution in [2.75, 3.05) is 13.2 Å². The maximum atomic E-state index is 12.1. The van der Waals surface area contributed by atoms with E-state index in [9.17, 15) is 4.79 Å². The van der Waals surface area contributed by atoms with Crippen LogP contribution < -0.4 is 10.1 Å². The van der Waals surface area contributed by atoms with Gasteiger partial charge in [-0.25, -0.2) is 4.98 Å². The number of thiazole rings is 1. The fourth-order valence-corrected chi connectivity index (χ4v) is 3.84. The number of hydrogen-bond donors (Lipinski definition) is 1. The molecule has 1 aromatic carbocycles. The van der Waals surface area contributed by atoms with Crippen LogP contribution in [0.3, 0.4) is 0 Å². The molecule has 29 heavy (non-hydrogen) atoms. The smallest absolute Gasteiger partial charge is 0.257 e. The number of benzene rings is 1. The number of nitrogens with zero attached hydrogens (tertiary/aromatic N) is 2. The summed E-state index contributed by atoms with van der Waals surface area (Å²) in [6.07, 6.45) is 5.22. The first kappa shape index (κ1) is 21.0. The zero-order valence-corrected chi connectivity index (χ0v) is 18.0. The molecule has 2 heterocycles. The van der Waals surface area contributed by atoms with E-state index in [0.717, 1.165) is 46.0 Å². The molecule has 0 aliphatic carbocycles. The van der Waals surface area contributed by atoms with Gasteiger partial charge in [0, 0.05) is 36.3 Å². The SMILES string of the molecule is Cc1ccc(C(C)C)c(OCC(=O)NCCCc2nc(-c3ccncc3)cs2)c1. The minimum atomic E-state index is -0.0992.